The highest BCUT2D eigenvalue weighted by Crippen LogP contribution is 2.37. The molecule has 0 rings (SSSR count). The molecule has 6 heteroatoms. The second-order valence-electron chi connectivity index (χ2n) is 1.40. The van der Waals surface area contributed by atoms with Gasteiger partial charge in [0.05, 0.1) is 6.26 Å². The quantitative estimate of drug-likeness (QED) is 0.307. The molecule has 0 bridgehead atoms. The molecule has 0 aromatic heterocycles. The van der Waals surface area contributed by atoms with Gasteiger partial charge in [-0.25, -0.2) is 4.57 Å². The van der Waals surface area contributed by atoms with Crippen molar-refractivity contribution in [2.75, 3.05) is 0 Å². The predicted octanol–water partition coefficient (Wildman–Crippen LogP) is 2.87. The minimum absolute atomic E-state index is 0.980. The SMILES string of the molecule is C=CO[PH](=O)OC(Cl)(Cl)C=C. The fourth-order valence-electron chi connectivity index (χ4n) is 0.245. The van der Waals surface area contributed by atoms with Gasteiger partial charge in [0.2, 0.25) is 4.52 Å². The maximum atomic E-state index is 10.7. The minimum Gasteiger partial charge on any atom is -0.435 e. The van der Waals surface area contributed by atoms with Crippen LogP contribution in [0.2, 0.25) is 0 Å². The standard InChI is InChI=1S/C5H7Cl2O3P/c1-3-5(6,7)10-11(8)9-4-2/h3-4,11H,1-2H2. The Labute approximate surface area is 75.5 Å². The third-order valence-corrected chi connectivity index (χ3v) is 2.21. The fourth-order valence-corrected chi connectivity index (χ4v) is 1.11. The maximum Gasteiger partial charge on any atom is 0.370 e. The lowest BCUT2D eigenvalue weighted by molar-refractivity contribution is 0.252. The Bertz CT molecular complexity index is 181. The molecule has 0 aliphatic heterocycles. The van der Waals surface area contributed by atoms with Crippen LogP contribution in [0.1, 0.15) is 0 Å². The van der Waals surface area contributed by atoms with Gasteiger partial charge in [-0.3, -0.25) is 4.52 Å². The Morgan fingerprint density at radius 1 is 1.45 bits per heavy atom. The van der Waals surface area contributed by atoms with Crippen molar-refractivity contribution in [3.63, 3.8) is 0 Å². The van der Waals surface area contributed by atoms with Gasteiger partial charge in [0.15, 0.2) is 0 Å². The first-order valence-electron chi connectivity index (χ1n) is 2.54. The Kier molecular flexibility index (Phi) is 4.86. The van der Waals surface area contributed by atoms with Crippen LogP contribution in [-0.4, -0.2) is 4.52 Å². The summed E-state index contributed by atoms with van der Waals surface area (Å²) in [7, 11) is -2.71. The summed E-state index contributed by atoms with van der Waals surface area (Å²) in [5, 5.41) is 0. The van der Waals surface area contributed by atoms with Crippen LogP contribution in [0, 0.1) is 0 Å². The third kappa shape index (κ3) is 5.33. The van der Waals surface area contributed by atoms with Crippen LogP contribution in [0.5, 0.6) is 0 Å². The van der Waals surface area contributed by atoms with E-state index < -0.39 is 12.8 Å². The van der Waals surface area contributed by atoms with Gasteiger partial charge in [0.1, 0.15) is 0 Å². The molecular weight excluding hydrogens is 210 g/mol. The molecule has 1 unspecified atom stereocenters. The zero-order chi connectivity index (χ0) is 8.91. The van der Waals surface area contributed by atoms with E-state index in [4.69, 9.17) is 23.2 Å². The first-order valence-corrected chi connectivity index (χ1v) is 4.52. The second-order valence-corrected chi connectivity index (χ2v) is 3.66. The topological polar surface area (TPSA) is 35.5 Å². The number of hydrogen-bond donors (Lipinski definition) is 0. The monoisotopic (exact) mass is 216 g/mol. The summed E-state index contributed by atoms with van der Waals surface area (Å²) in [6.07, 6.45) is 2.07. The Morgan fingerprint density at radius 2 is 2.00 bits per heavy atom. The van der Waals surface area contributed by atoms with Crippen molar-refractivity contribution in [2.24, 2.45) is 0 Å². The highest BCUT2D eigenvalue weighted by molar-refractivity contribution is 7.33. The van der Waals surface area contributed by atoms with Crippen LogP contribution < -0.4 is 0 Å². The van der Waals surface area contributed by atoms with E-state index in [2.05, 4.69) is 22.2 Å². The van der Waals surface area contributed by atoms with Crippen molar-refractivity contribution >= 4 is 31.5 Å². The molecule has 0 aliphatic carbocycles. The van der Waals surface area contributed by atoms with E-state index in [1.165, 1.54) is 0 Å². The summed E-state index contributed by atoms with van der Waals surface area (Å²) in [6.45, 7) is 6.42. The molecule has 64 valence electrons. The second kappa shape index (κ2) is 4.83. The molecule has 0 aromatic carbocycles. The van der Waals surface area contributed by atoms with Gasteiger partial charge < -0.3 is 4.52 Å². The zero-order valence-corrected chi connectivity index (χ0v) is 8.06. The van der Waals surface area contributed by atoms with Crippen LogP contribution in [-0.2, 0) is 13.6 Å². The van der Waals surface area contributed by atoms with Crippen LogP contribution in [0.4, 0.5) is 0 Å². The Hall–Kier alpha value is 0.0500. The number of alkyl halides is 2. The first kappa shape index (κ1) is 11.1. The minimum atomic E-state index is -2.71. The summed E-state index contributed by atoms with van der Waals surface area (Å²) in [6, 6.07) is 0. The van der Waals surface area contributed by atoms with Crippen molar-refractivity contribution in [3.8, 4) is 0 Å². The lowest BCUT2D eigenvalue weighted by Crippen LogP contribution is -2.08. The summed E-state index contributed by atoms with van der Waals surface area (Å²) >= 11 is 10.8. The molecule has 0 fully saturated rings. The molecular formula is C5H7Cl2O3P. The van der Waals surface area contributed by atoms with Crippen molar-refractivity contribution in [2.45, 2.75) is 4.52 Å². The third-order valence-electron chi connectivity index (χ3n) is 0.637. The van der Waals surface area contributed by atoms with Gasteiger partial charge in [-0.1, -0.05) is 36.4 Å². The molecule has 0 amide bonds. The van der Waals surface area contributed by atoms with Crippen LogP contribution in [0.15, 0.2) is 25.5 Å². The number of hydrogen-bond acceptors (Lipinski definition) is 3. The van der Waals surface area contributed by atoms with Crippen molar-refractivity contribution < 1.29 is 13.6 Å². The van der Waals surface area contributed by atoms with Crippen LogP contribution >= 0.6 is 31.5 Å². The van der Waals surface area contributed by atoms with E-state index in [0.29, 0.717) is 0 Å². The van der Waals surface area contributed by atoms with Crippen LogP contribution in [0.3, 0.4) is 0 Å². The van der Waals surface area contributed by atoms with Crippen LogP contribution in [0.25, 0.3) is 0 Å². The van der Waals surface area contributed by atoms with E-state index in [1.807, 2.05) is 0 Å². The fraction of sp³-hybridized carbons (Fsp3) is 0.200. The molecule has 1 atom stereocenters. The molecule has 0 saturated heterocycles. The molecule has 0 radical (unpaired) electrons. The molecule has 0 N–H and O–H groups in total. The highest BCUT2D eigenvalue weighted by Gasteiger charge is 2.23. The lowest BCUT2D eigenvalue weighted by Gasteiger charge is -2.13. The molecule has 11 heavy (non-hydrogen) atoms. The van der Waals surface area contributed by atoms with Crippen molar-refractivity contribution in [1.82, 2.24) is 0 Å². The molecule has 0 heterocycles. The summed E-state index contributed by atoms with van der Waals surface area (Å²) in [5.74, 6) is 0. The highest BCUT2D eigenvalue weighted by atomic mass is 35.5. The van der Waals surface area contributed by atoms with E-state index >= 15 is 0 Å². The molecule has 0 aliphatic rings. The zero-order valence-electron chi connectivity index (χ0n) is 5.55. The van der Waals surface area contributed by atoms with Gasteiger partial charge in [-0.05, 0) is 6.08 Å². The van der Waals surface area contributed by atoms with Gasteiger partial charge in [-0.15, -0.1) is 0 Å². The predicted molar refractivity (Wildman–Crippen MR) is 46.0 cm³/mol. The number of rotatable bonds is 5. The smallest absolute Gasteiger partial charge is 0.370 e. The average molecular weight is 217 g/mol. The van der Waals surface area contributed by atoms with E-state index in [-0.39, 0.29) is 0 Å². The lowest BCUT2D eigenvalue weighted by atomic mass is 10.7. The Morgan fingerprint density at radius 3 is 2.36 bits per heavy atom. The van der Waals surface area contributed by atoms with Crippen molar-refractivity contribution in [3.05, 3.63) is 25.5 Å². The molecule has 3 nitrogen and oxygen atoms in total. The van der Waals surface area contributed by atoms with Gasteiger partial charge in [-0.2, -0.15) is 0 Å². The first-order chi connectivity index (χ1) is 5.02. The van der Waals surface area contributed by atoms with E-state index in [9.17, 15) is 4.57 Å². The normalized spacial score (nSPS) is 13.6. The summed E-state index contributed by atoms with van der Waals surface area (Å²) in [4.78, 5) is 0. The molecule has 0 spiro atoms. The van der Waals surface area contributed by atoms with Gasteiger partial charge in [0, 0.05) is 0 Å². The van der Waals surface area contributed by atoms with Crippen molar-refractivity contribution in [1.29, 1.82) is 0 Å². The van der Waals surface area contributed by atoms with Gasteiger partial charge in [0.25, 0.3) is 0 Å². The maximum absolute atomic E-state index is 10.7. The van der Waals surface area contributed by atoms with E-state index in [1.54, 1.807) is 0 Å². The Balaban J connectivity index is 3.92. The number of halogens is 2. The summed E-state index contributed by atoms with van der Waals surface area (Å²) < 4.78 is 17.8. The molecule has 0 aromatic rings. The van der Waals surface area contributed by atoms with Gasteiger partial charge >= 0.3 is 8.25 Å². The largest absolute Gasteiger partial charge is 0.435 e. The molecule has 0 saturated carbocycles. The summed E-state index contributed by atoms with van der Waals surface area (Å²) in [5.41, 5.74) is 0. The van der Waals surface area contributed by atoms with E-state index in [0.717, 1.165) is 12.3 Å². The average Bonchev–Trinajstić information content (AvgIpc) is 1.87.